The van der Waals surface area contributed by atoms with Crippen molar-refractivity contribution >= 4 is 23.5 Å². The van der Waals surface area contributed by atoms with Crippen molar-refractivity contribution in [2.75, 3.05) is 5.32 Å². The Morgan fingerprint density at radius 3 is 2.88 bits per heavy atom. The zero-order valence-electron chi connectivity index (χ0n) is 14.6. The summed E-state index contributed by atoms with van der Waals surface area (Å²) in [5.74, 6) is 0.301. The molecule has 1 fully saturated rings. The van der Waals surface area contributed by atoms with Gasteiger partial charge in [-0.3, -0.25) is 0 Å². The topological polar surface area (TPSA) is 69.0 Å². The molecule has 1 aliphatic carbocycles. The number of fused-ring (bicyclic) bond motifs is 1. The van der Waals surface area contributed by atoms with Crippen molar-refractivity contribution in [3.8, 4) is 0 Å². The number of carbonyl (C=O) groups is 1. The van der Waals surface area contributed by atoms with E-state index in [-0.39, 0.29) is 12.1 Å². The van der Waals surface area contributed by atoms with Crippen LogP contribution in [0.1, 0.15) is 50.6 Å². The molecule has 26 heavy (non-hydrogen) atoms. The molecule has 1 atom stereocenters. The maximum atomic E-state index is 13.1. The van der Waals surface area contributed by atoms with Gasteiger partial charge in [-0.25, -0.2) is 9.48 Å². The molecular weight excluding hydrogens is 352 g/mol. The molecule has 2 aliphatic rings. The molecule has 0 spiro atoms. The minimum absolute atomic E-state index is 0.00583. The fraction of sp³-hybridized carbons (Fsp3) is 0.421. The van der Waals surface area contributed by atoms with Crippen molar-refractivity contribution in [1.29, 1.82) is 0 Å². The molecule has 0 amide bonds. The summed E-state index contributed by atoms with van der Waals surface area (Å²) in [6, 6.07) is 7.06. The van der Waals surface area contributed by atoms with E-state index in [1.165, 1.54) is 12.7 Å². The summed E-state index contributed by atoms with van der Waals surface area (Å²) in [7, 11) is 0. The van der Waals surface area contributed by atoms with Crippen molar-refractivity contribution in [2.24, 2.45) is 0 Å². The lowest BCUT2D eigenvalue weighted by molar-refractivity contribution is -0.146. The Bertz CT molecular complexity index is 855. The van der Waals surface area contributed by atoms with E-state index in [9.17, 15) is 4.79 Å². The Morgan fingerprint density at radius 2 is 2.12 bits per heavy atom. The molecular formula is C19H21ClN4O2. The Kier molecular flexibility index (Phi) is 4.68. The number of rotatable bonds is 3. The smallest absolute Gasteiger partial charge is 0.338 e. The minimum Gasteiger partial charge on any atom is -0.459 e. The molecule has 0 saturated heterocycles. The van der Waals surface area contributed by atoms with Gasteiger partial charge in [0.2, 0.25) is 5.95 Å². The van der Waals surface area contributed by atoms with Gasteiger partial charge in [-0.2, -0.15) is 10.1 Å². The molecule has 7 heteroatoms. The fourth-order valence-corrected chi connectivity index (χ4v) is 3.94. The first kappa shape index (κ1) is 17.1. The van der Waals surface area contributed by atoms with E-state index in [0.29, 0.717) is 16.5 Å². The quantitative estimate of drug-likeness (QED) is 0.821. The summed E-state index contributed by atoms with van der Waals surface area (Å²) >= 11 is 6.19. The number of halogens is 1. The van der Waals surface area contributed by atoms with E-state index in [2.05, 4.69) is 15.4 Å². The average molecular weight is 373 g/mol. The van der Waals surface area contributed by atoms with E-state index < -0.39 is 6.04 Å². The second-order valence-electron chi connectivity index (χ2n) is 6.81. The molecule has 6 nitrogen and oxygen atoms in total. The predicted octanol–water partition coefficient (Wildman–Crippen LogP) is 4.10. The van der Waals surface area contributed by atoms with Gasteiger partial charge in [-0.15, -0.1) is 0 Å². The third-order valence-electron chi connectivity index (χ3n) is 5.00. The molecule has 136 valence electrons. The van der Waals surface area contributed by atoms with Gasteiger partial charge in [0.1, 0.15) is 18.5 Å². The van der Waals surface area contributed by atoms with E-state index in [1.807, 2.05) is 31.2 Å². The number of benzene rings is 1. The van der Waals surface area contributed by atoms with Gasteiger partial charge >= 0.3 is 5.97 Å². The molecule has 1 aromatic heterocycles. The molecule has 1 aromatic carbocycles. The van der Waals surface area contributed by atoms with Crippen molar-refractivity contribution in [3.63, 3.8) is 0 Å². The Labute approximate surface area is 157 Å². The summed E-state index contributed by atoms with van der Waals surface area (Å²) in [6.07, 6.45) is 6.77. The summed E-state index contributed by atoms with van der Waals surface area (Å²) in [4.78, 5) is 17.3. The Balaban J connectivity index is 1.71. The highest BCUT2D eigenvalue weighted by atomic mass is 35.5. The number of aromatic nitrogens is 3. The maximum absolute atomic E-state index is 13.1. The van der Waals surface area contributed by atoms with Crippen LogP contribution in [-0.4, -0.2) is 26.8 Å². The lowest BCUT2D eigenvalue weighted by Gasteiger charge is -2.30. The number of nitrogens with one attached hydrogen (secondary N) is 1. The molecule has 4 rings (SSSR count). The minimum atomic E-state index is -0.413. The van der Waals surface area contributed by atoms with E-state index in [4.69, 9.17) is 16.3 Å². The van der Waals surface area contributed by atoms with E-state index in [0.717, 1.165) is 36.9 Å². The highest BCUT2D eigenvalue weighted by molar-refractivity contribution is 6.30. The number of esters is 1. The third kappa shape index (κ3) is 3.21. The van der Waals surface area contributed by atoms with Gasteiger partial charge in [0.25, 0.3) is 0 Å². The second-order valence-corrected chi connectivity index (χ2v) is 7.25. The first-order chi connectivity index (χ1) is 12.6. The van der Waals surface area contributed by atoms with Crippen molar-refractivity contribution in [3.05, 3.63) is 52.4 Å². The van der Waals surface area contributed by atoms with Crippen LogP contribution in [0.25, 0.3) is 0 Å². The average Bonchev–Trinajstić information content (AvgIpc) is 3.09. The first-order valence-electron chi connectivity index (χ1n) is 8.97. The van der Waals surface area contributed by atoms with Gasteiger partial charge in [0, 0.05) is 10.7 Å². The van der Waals surface area contributed by atoms with Crippen LogP contribution >= 0.6 is 11.6 Å². The monoisotopic (exact) mass is 372 g/mol. The highest BCUT2D eigenvalue weighted by Crippen LogP contribution is 2.36. The summed E-state index contributed by atoms with van der Waals surface area (Å²) < 4.78 is 7.55. The standard InChI is InChI=1S/C19H21ClN4O2/c1-12-16(18(25)26-15-8-3-2-4-9-15)17(13-6-5-7-14(20)10-13)24-19(23-12)21-11-22-24/h5-7,10-11,15,17H,2-4,8-9H2,1H3,(H,21,22,23)/t17-/m1/s1. The first-order valence-corrected chi connectivity index (χ1v) is 9.35. The Morgan fingerprint density at radius 1 is 1.31 bits per heavy atom. The van der Waals surface area contributed by atoms with Gasteiger partial charge in [0.05, 0.1) is 5.57 Å². The van der Waals surface area contributed by atoms with Gasteiger partial charge in [-0.1, -0.05) is 30.2 Å². The van der Waals surface area contributed by atoms with Gasteiger partial charge in [-0.05, 0) is 50.3 Å². The molecule has 0 radical (unpaired) electrons. The van der Waals surface area contributed by atoms with Crippen LogP contribution in [0.3, 0.4) is 0 Å². The van der Waals surface area contributed by atoms with Crippen LogP contribution in [0, 0.1) is 0 Å². The van der Waals surface area contributed by atoms with Crippen LogP contribution in [0.5, 0.6) is 0 Å². The van der Waals surface area contributed by atoms with Crippen LogP contribution in [-0.2, 0) is 9.53 Å². The molecule has 2 aromatic rings. The fourth-order valence-electron chi connectivity index (χ4n) is 3.74. The number of anilines is 1. The van der Waals surface area contributed by atoms with Crippen molar-refractivity contribution in [1.82, 2.24) is 14.8 Å². The number of allylic oxidation sites excluding steroid dienone is 1. The van der Waals surface area contributed by atoms with E-state index >= 15 is 0 Å². The summed E-state index contributed by atoms with van der Waals surface area (Å²) in [5, 5.41) is 8.09. The molecule has 1 N–H and O–H groups in total. The number of ether oxygens (including phenoxy) is 1. The third-order valence-corrected chi connectivity index (χ3v) is 5.24. The SMILES string of the molecule is CC1=C(C(=O)OC2CCCCC2)[C@@H](c2cccc(Cl)c2)n2ncnc2N1. The molecule has 0 unspecified atom stereocenters. The highest BCUT2D eigenvalue weighted by Gasteiger charge is 2.35. The van der Waals surface area contributed by atoms with Crippen LogP contribution in [0.2, 0.25) is 5.02 Å². The van der Waals surface area contributed by atoms with Gasteiger partial charge in [0.15, 0.2) is 0 Å². The largest absolute Gasteiger partial charge is 0.459 e. The predicted molar refractivity (Wildman–Crippen MR) is 98.9 cm³/mol. The lowest BCUT2D eigenvalue weighted by Crippen LogP contribution is -2.32. The van der Waals surface area contributed by atoms with Crippen LogP contribution in [0.15, 0.2) is 41.9 Å². The lowest BCUT2D eigenvalue weighted by atomic mass is 9.95. The molecule has 0 bridgehead atoms. The molecule has 2 heterocycles. The van der Waals surface area contributed by atoms with Crippen LogP contribution < -0.4 is 5.32 Å². The zero-order chi connectivity index (χ0) is 18.1. The van der Waals surface area contributed by atoms with E-state index in [1.54, 1.807) is 4.68 Å². The maximum Gasteiger partial charge on any atom is 0.338 e. The summed E-state index contributed by atoms with van der Waals surface area (Å²) in [5.41, 5.74) is 2.16. The number of nitrogens with zero attached hydrogens (tertiary/aromatic N) is 3. The zero-order valence-corrected chi connectivity index (χ0v) is 15.4. The normalized spacial score (nSPS) is 20.5. The number of carbonyl (C=O) groups excluding carboxylic acids is 1. The van der Waals surface area contributed by atoms with Crippen molar-refractivity contribution in [2.45, 2.75) is 51.2 Å². The second kappa shape index (κ2) is 7.11. The number of hydrogen-bond donors (Lipinski definition) is 1. The Hall–Kier alpha value is -2.34. The molecule has 1 saturated carbocycles. The molecule has 1 aliphatic heterocycles. The van der Waals surface area contributed by atoms with Gasteiger partial charge < -0.3 is 10.1 Å². The van der Waals surface area contributed by atoms with Crippen LogP contribution in [0.4, 0.5) is 5.95 Å². The van der Waals surface area contributed by atoms with Crippen molar-refractivity contribution < 1.29 is 9.53 Å². The number of hydrogen-bond acceptors (Lipinski definition) is 5. The summed E-state index contributed by atoms with van der Waals surface area (Å²) in [6.45, 7) is 1.87.